The molecule has 0 aliphatic rings. The van der Waals surface area contributed by atoms with Crippen molar-refractivity contribution in [2.75, 3.05) is 0 Å². The van der Waals surface area contributed by atoms with E-state index < -0.39 is 0 Å². The molecule has 1 amide bonds. The number of hydrogen-bond donors (Lipinski definition) is 1. The van der Waals surface area contributed by atoms with Crippen molar-refractivity contribution in [1.29, 1.82) is 0 Å². The van der Waals surface area contributed by atoms with Crippen molar-refractivity contribution in [2.45, 2.75) is 19.0 Å². The quantitative estimate of drug-likeness (QED) is 0.240. The average molecular weight is 515 g/mol. The number of carbonyl (C=O) groups is 1. The number of benzene rings is 3. The number of fused-ring (bicyclic) bond motifs is 1. The zero-order valence-corrected chi connectivity index (χ0v) is 21.5. The van der Waals surface area contributed by atoms with Crippen molar-refractivity contribution in [3.8, 4) is 10.4 Å². The molecule has 0 saturated heterocycles. The van der Waals surface area contributed by atoms with Gasteiger partial charge in [-0.1, -0.05) is 97.1 Å². The van der Waals surface area contributed by atoms with Crippen LogP contribution >= 0.6 is 11.3 Å². The van der Waals surface area contributed by atoms with E-state index in [2.05, 4.69) is 52.8 Å². The maximum atomic E-state index is 14.0. The van der Waals surface area contributed by atoms with Gasteiger partial charge in [-0.05, 0) is 40.6 Å². The predicted octanol–water partition coefficient (Wildman–Crippen LogP) is 6.92. The van der Waals surface area contributed by atoms with Crippen molar-refractivity contribution in [3.63, 3.8) is 0 Å². The summed E-state index contributed by atoms with van der Waals surface area (Å²) in [5, 5.41) is 11.0. The van der Waals surface area contributed by atoms with E-state index in [9.17, 15) is 4.79 Å². The number of hydrogen-bond acceptors (Lipinski definition) is 4. The lowest BCUT2D eigenvalue weighted by atomic mass is 9.98. The summed E-state index contributed by atoms with van der Waals surface area (Å²) in [7, 11) is 0. The predicted molar refractivity (Wildman–Crippen MR) is 153 cm³/mol. The number of nitrogens with one attached hydrogen (secondary N) is 1. The van der Waals surface area contributed by atoms with Gasteiger partial charge >= 0.3 is 0 Å². The molecule has 0 bridgehead atoms. The van der Waals surface area contributed by atoms with Crippen LogP contribution in [0.1, 0.15) is 33.2 Å². The van der Waals surface area contributed by atoms with Crippen molar-refractivity contribution >= 4 is 28.3 Å². The van der Waals surface area contributed by atoms with Gasteiger partial charge in [-0.2, -0.15) is 5.10 Å². The molecule has 186 valence electrons. The van der Waals surface area contributed by atoms with Crippen molar-refractivity contribution in [2.24, 2.45) is 0 Å². The molecule has 6 aromatic rings. The molecule has 38 heavy (non-hydrogen) atoms. The van der Waals surface area contributed by atoms with E-state index >= 15 is 0 Å². The summed E-state index contributed by atoms with van der Waals surface area (Å²) >= 11 is 1.64. The van der Waals surface area contributed by atoms with Crippen LogP contribution in [0.5, 0.6) is 0 Å². The minimum absolute atomic E-state index is 0.206. The van der Waals surface area contributed by atoms with Gasteiger partial charge in [-0.25, -0.2) is 9.67 Å². The van der Waals surface area contributed by atoms with Crippen LogP contribution in [-0.4, -0.2) is 20.7 Å². The third-order valence-corrected chi connectivity index (χ3v) is 7.50. The number of thiophene rings is 1. The zero-order valence-electron chi connectivity index (χ0n) is 20.7. The van der Waals surface area contributed by atoms with E-state index in [0.29, 0.717) is 24.3 Å². The first-order valence-electron chi connectivity index (χ1n) is 12.6. The molecule has 6 heteroatoms. The highest BCUT2D eigenvalue weighted by molar-refractivity contribution is 7.13. The van der Waals surface area contributed by atoms with Gasteiger partial charge in [0.25, 0.3) is 5.91 Å². The Kier molecular flexibility index (Phi) is 6.79. The Bertz CT molecular complexity index is 1650. The first-order chi connectivity index (χ1) is 18.8. The highest BCUT2D eigenvalue weighted by atomic mass is 32.1. The highest BCUT2D eigenvalue weighted by Gasteiger charge is 2.25. The molecule has 3 aromatic carbocycles. The van der Waals surface area contributed by atoms with Gasteiger partial charge in [0.2, 0.25) is 0 Å². The van der Waals surface area contributed by atoms with Gasteiger partial charge < -0.3 is 5.32 Å². The van der Waals surface area contributed by atoms with Gasteiger partial charge in [-0.3, -0.25) is 4.79 Å². The van der Waals surface area contributed by atoms with E-state index in [4.69, 9.17) is 5.10 Å². The van der Waals surface area contributed by atoms with Crippen LogP contribution in [0.3, 0.4) is 0 Å². The fourth-order valence-electron chi connectivity index (χ4n) is 4.77. The lowest BCUT2D eigenvalue weighted by molar-refractivity contribution is 0.0932. The second-order valence-corrected chi connectivity index (χ2v) is 10.1. The molecule has 0 aliphatic carbocycles. The monoisotopic (exact) mass is 514 g/mol. The van der Waals surface area contributed by atoms with Crippen LogP contribution < -0.4 is 5.32 Å². The number of aromatic nitrogens is 3. The van der Waals surface area contributed by atoms with Gasteiger partial charge in [0, 0.05) is 16.6 Å². The molecule has 0 fully saturated rings. The molecule has 1 atom stereocenters. The lowest BCUT2D eigenvalue weighted by Gasteiger charge is -2.19. The minimum Gasteiger partial charge on any atom is -0.343 e. The van der Waals surface area contributed by atoms with E-state index in [0.717, 1.165) is 32.5 Å². The number of rotatable bonds is 8. The molecule has 0 aliphatic heterocycles. The molecule has 3 heterocycles. The Labute approximate surface area is 225 Å². The van der Waals surface area contributed by atoms with E-state index in [1.165, 1.54) is 0 Å². The smallest absolute Gasteiger partial charge is 0.273 e. The third-order valence-electron chi connectivity index (χ3n) is 6.60. The molecule has 0 unspecified atom stereocenters. The summed E-state index contributed by atoms with van der Waals surface area (Å²) in [6.45, 7) is 0.525. The van der Waals surface area contributed by atoms with E-state index in [1.807, 2.05) is 76.8 Å². The minimum atomic E-state index is -0.211. The Morgan fingerprint density at radius 1 is 0.816 bits per heavy atom. The van der Waals surface area contributed by atoms with Crippen molar-refractivity contribution < 1.29 is 4.79 Å². The van der Waals surface area contributed by atoms with Gasteiger partial charge in [0.1, 0.15) is 0 Å². The first-order valence-corrected chi connectivity index (χ1v) is 13.5. The summed E-state index contributed by atoms with van der Waals surface area (Å²) in [5.41, 5.74) is 5.36. The maximum Gasteiger partial charge on any atom is 0.273 e. The van der Waals surface area contributed by atoms with Crippen molar-refractivity contribution in [3.05, 3.63) is 143 Å². The van der Waals surface area contributed by atoms with Crippen LogP contribution in [-0.2, 0) is 13.0 Å². The SMILES string of the molecule is O=C(N[C@H](Cc1ccccc1)c1ccccc1)c1nn(Cc2ccccc2)c2nccc(-c3cccs3)c12. The third kappa shape index (κ3) is 4.99. The zero-order chi connectivity index (χ0) is 25.7. The summed E-state index contributed by atoms with van der Waals surface area (Å²) in [5.74, 6) is -0.211. The Hall–Kier alpha value is -4.55. The number of amides is 1. The molecule has 5 nitrogen and oxygen atoms in total. The van der Waals surface area contributed by atoms with E-state index in [1.54, 1.807) is 17.5 Å². The fourth-order valence-corrected chi connectivity index (χ4v) is 5.53. The topological polar surface area (TPSA) is 59.8 Å². The van der Waals surface area contributed by atoms with Crippen LogP contribution in [0, 0.1) is 0 Å². The Morgan fingerprint density at radius 3 is 2.18 bits per heavy atom. The Balaban J connectivity index is 1.42. The lowest BCUT2D eigenvalue weighted by Crippen LogP contribution is -2.30. The Morgan fingerprint density at radius 2 is 1.50 bits per heavy atom. The number of carbonyl (C=O) groups excluding carboxylic acids is 1. The normalized spacial score (nSPS) is 11.9. The summed E-state index contributed by atoms with van der Waals surface area (Å²) < 4.78 is 1.84. The first kappa shape index (κ1) is 23.8. The van der Waals surface area contributed by atoms with Crippen LogP contribution in [0.15, 0.2) is 121 Å². The molecule has 0 spiro atoms. The summed E-state index contributed by atoms with van der Waals surface area (Å²) in [6, 6.07) is 36.3. The van der Waals surface area contributed by atoms with E-state index in [-0.39, 0.29) is 11.9 Å². The largest absolute Gasteiger partial charge is 0.343 e. The summed E-state index contributed by atoms with van der Waals surface area (Å²) in [6.07, 6.45) is 2.47. The molecular formula is C32H26N4OS. The van der Waals surface area contributed by atoms with Gasteiger partial charge in [0.15, 0.2) is 11.3 Å². The second-order valence-electron chi connectivity index (χ2n) is 9.15. The van der Waals surface area contributed by atoms with Gasteiger partial charge in [-0.15, -0.1) is 11.3 Å². The van der Waals surface area contributed by atoms with Crippen LogP contribution in [0.2, 0.25) is 0 Å². The second kappa shape index (κ2) is 10.8. The fraction of sp³-hybridized carbons (Fsp3) is 0.0938. The highest BCUT2D eigenvalue weighted by Crippen LogP contribution is 2.33. The molecule has 1 N–H and O–H groups in total. The van der Waals surface area contributed by atoms with Crippen molar-refractivity contribution in [1.82, 2.24) is 20.1 Å². The number of nitrogens with zero attached hydrogens (tertiary/aromatic N) is 3. The van der Waals surface area contributed by atoms with Gasteiger partial charge in [0.05, 0.1) is 18.0 Å². The standard InChI is InChI=1S/C32H26N4OS/c37-32(34-27(25-15-8-3-9-16-25)21-23-11-4-1-5-12-23)30-29-26(28-17-10-20-38-28)18-19-33-31(29)36(35-30)22-24-13-6-2-7-14-24/h1-20,27H,21-22H2,(H,34,37)/t27-/m1/s1. The van der Waals surface area contributed by atoms with Crippen LogP contribution in [0.25, 0.3) is 21.5 Å². The molecule has 3 aromatic heterocycles. The summed E-state index contributed by atoms with van der Waals surface area (Å²) in [4.78, 5) is 19.8. The molecular weight excluding hydrogens is 488 g/mol. The molecule has 0 saturated carbocycles. The molecule has 6 rings (SSSR count). The maximum absolute atomic E-state index is 14.0. The average Bonchev–Trinajstić information content (AvgIpc) is 3.63. The molecule has 0 radical (unpaired) electrons. The number of pyridine rings is 1. The van der Waals surface area contributed by atoms with Crippen LogP contribution in [0.4, 0.5) is 0 Å².